The van der Waals surface area contributed by atoms with Crippen molar-refractivity contribution in [3.63, 3.8) is 0 Å². The van der Waals surface area contributed by atoms with Crippen LogP contribution in [-0.2, 0) is 0 Å². The van der Waals surface area contributed by atoms with E-state index in [0.29, 0.717) is 23.5 Å². The summed E-state index contributed by atoms with van der Waals surface area (Å²) in [5, 5.41) is 9.47. The second-order valence-electron chi connectivity index (χ2n) is 6.82. The molecule has 0 radical (unpaired) electrons. The molecule has 0 aliphatic carbocycles. The van der Waals surface area contributed by atoms with Gasteiger partial charge in [0.05, 0.1) is 11.2 Å². The van der Waals surface area contributed by atoms with Crippen LogP contribution in [0.1, 0.15) is 24.2 Å². The van der Waals surface area contributed by atoms with Crippen molar-refractivity contribution in [2.75, 3.05) is 36.8 Å². The van der Waals surface area contributed by atoms with Crippen LogP contribution in [0.15, 0.2) is 60.8 Å². The zero-order chi connectivity index (χ0) is 21.3. The van der Waals surface area contributed by atoms with Crippen molar-refractivity contribution in [3.05, 3.63) is 66.4 Å². The van der Waals surface area contributed by atoms with E-state index in [-0.39, 0.29) is 11.9 Å². The molecular weight excluding hydrogens is 378 g/mol. The number of nitrogens with zero attached hydrogens (tertiary/aromatic N) is 2. The van der Waals surface area contributed by atoms with Crippen LogP contribution in [0.3, 0.4) is 0 Å². The minimum atomic E-state index is -0.371. The van der Waals surface area contributed by atoms with Crippen molar-refractivity contribution >= 4 is 34.2 Å². The summed E-state index contributed by atoms with van der Waals surface area (Å²) >= 11 is 0. The number of aromatic nitrogens is 1. The van der Waals surface area contributed by atoms with Crippen LogP contribution in [0.2, 0.25) is 0 Å². The van der Waals surface area contributed by atoms with E-state index in [1.54, 1.807) is 36.5 Å². The van der Waals surface area contributed by atoms with Gasteiger partial charge in [-0.3, -0.25) is 9.78 Å². The number of hydrogen-bond acceptors (Lipinski definition) is 4. The fourth-order valence-corrected chi connectivity index (χ4v) is 3.16. The number of rotatable bonds is 8. The van der Waals surface area contributed by atoms with Crippen molar-refractivity contribution in [1.29, 1.82) is 0 Å². The van der Waals surface area contributed by atoms with E-state index in [1.807, 2.05) is 24.3 Å². The maximum absolute atomic E-state index is 12.4. The molecule has 3 amide bonds. The Morgan fingerprint density at radius 1 is 0.933 bits per heavy atom. The second kappa shape index (κ2) is 10.4. The average Bonchev–Trinajstić information content (AvgIpc) is 2.77. The third kappa shape index (κ3) is 5.55. The molecule has 0 aliphatic rings. The van der Waals surface area contributed by atoms with Gasteiger partial charge in [-0.1, -0.05) is 32.0 Å². The van der Waals surface area contributed by atoms with Crippen LogP contribution in [0.25, 0.3) is 10.9 Å². The SMILES string of the molecule is CCN(CC)CCNC(=O)c1ccc(NC(=O)Nc2cccc3cccnc23)cc1. The maximum atomic E-state index is 12.4. The summed E-state index contributed by atoms with van der Waals surface area (Å²) in [4.78, 5) is 31.2. The van der Waals surface area contributed by atoms with Crippen molar-refractivity contribution in [2.24, 2.45) is 0 Å². The molecular formula is C23H27N5O2. The number of carbonyl (C=O) groups is 2. The molecule has 3 rings (SSSR count). The summed E-state index contributed by atoms with van der Waals surface area (Å²) < 4.78 is 0. The molecule has 0 atom stereocenters. The lowest BCUT2D eigenvalue weighted by molar-refractivity contribution is 0.0949. The minimum Gasteiger partial charge on any atom is -0.351 e. The Hall–Kier alpha value is -3.45. The molecule has 0 fully saturated rings. The molecule has 156 valence electrons. The average molecular weight is 406 g/mol. The molecule has 1 heterocycles. The monoisotopic (exact) mass is 405 g/mol. The van der Waals surface area contributed by atoms with Crippen molar-refractivity contribution in [1.82, 2.24) is 15.2 Å². The normalized spacial score (nSPS) is 10.8. The van der Waals surface area contributed by atoms with Gasteiger partial charge in [0.15, 0.2) is 0 Å². The molecule has 3 aromatic rings. The van der Waals surface area contributed by atoms with E-state index in [1.165, 1.54) is 0 Å². The Bertz CT molecular complexity index is 995. The number of carbonyl (C=O) groups excluding carboxylic acids is 2. The van der Waals surface area contributed by atoms with Crippen LogP contribution in [0, 0.1) is 0 Å². The molecule has 2 aromatic carbocycles. The van der Waals surface area contributed by atoms with E-state index in [2.05, 4.69) is 39.7 Å². The molecule has 0 saturated carbocycles. The Kier molecular flexibility index (Phi) is 7.34. The summed E-state index contributed by atoms with van der Waals surface area (Å²) in [6.07, 6.45) is 1.69. The number of amides is 3. The highest BCUT2D eigenvalue weighted by atomic mass is 16.2. The summed E-state index contributed by atoms with van der Waals surface area (Å²) in [5.41, 5.74) is 2.51. The van der Waals surface area contributed by atoms with Crippen LogP contribution in [0.5, 0.6) is 0 Å². The van der Waals surface area contributed by atoms with E-state index in [0.717, 1.165) is 30.5 Å². The highest BCUT2D eigenvalue weighted by Crippen LogP contribution is 2.21. The number of fused-ring (bicyclic) bond motifs is 1. The predicted molar refractivity (Wildman–Crippen MR) is 121 cm³/mol. The number of benzene rings is 2. The molecule has 7 heteroatoms. The van der Waals surface area contributed by atoms with Crippen LogP contribution >= 0.6 is 0 Å². The largest absolute Gasteiger partial charge is 0.351 e. The smallest absolute Gasteiger partial charge is 0.323 e. The Morgan fingerprint density at radius 2 is 1.67 bits per heavy atom. The van der Waals surface area contributed by atoms with Gasteiger partial charge in [0.25, 0.3) is 5.91 Å². The van der Waals surface area contributed by atoms with Gasteiger partial charge in [0.2, 0.25) is 0 Å². The molecule has 0 unspecified atom stereocenters. The van der Waals surface area contributed by atoms with Crippen molar-refractivity contribution in [3.8, 4) is 0 Å². The number of para-hydroxylation sites is 1. The van der Waals surface area contributed by atoms with E-state index >= 15 is 0 Å². The number of likely N-dealkylation sites (N-methyl/N-ethyl adjacent to an activating group) is 1. The van der Waals surface area contributed by atoms with Crippen LogP contribution in [-0.4, -0.2) is 48.0 Å². The van der Waals surface area contributed by atoms with Gasteiger partial charge in [-0.15, -0.1) is 0 Å². The highest BCUT2D eigenvalue weighted by molar-refractivity contribution is 6.05. The number of anilines is 2. The molecule has 1 aromatic heterocycles. The number of hydrogen-bond donors (Lipinski definition) is 3. The first kappa shape index (κ1) is 21.3. The third-order valence-electron chi connectivity index (χ3n) is 4.89. The molecule has 30 heavy (non-hydrogen) atoms. The quantitative estimate of drug-likeness (QED) is 0.530. The fraction of sp³-hybridized carbons (Fsp3) is 0.261. The predicted octanol–water partition coefficient (Wildman–Crippen LogP) is 3.95. The summed E-state index contributed by atoms with van der Waals surface area (Å²) in [7, 11) is 0. The van der Waals surface area contributed by atoms with Gasteiger partial charge in [0.1, 0.15) is 0 Å². The highest BCUT2D eigenvalue weighted by Gasteiger charge is 2.09. The number of urea groups is 1. The number of nitrogens with one attached hydrogen (secondary N) is 3. The van der Waals surface area contributed by atoms with E-state index in [9.17, 15) is 9.59 Å². The summed E-state index contributed by atoms with van der Waals surface area (Å²) in [5.74, 6) is -0.125. The zero-order valence-corrected chi connectivity index (χ0v) is 17.3. The van der Waals surface area contributed by atoms with Gasteiger partial charge < -0.3 is 20.9 Å². The lowest BCUT2D eigenvalue weighted by atomic mass is 10.2. The Morgan fingerprint density at radius 3 is 2.40 bits per heavy atom. The standard InChI is InChI=1S/C23H27N5O2/c1-3-28(4-2)16-15-25-22(29)18-10-12-19(13-11-18)26-23(30)27-20-9-5-7-17-8-6-14-24-21(17)20/h5-14H,3-4,15-16H2,1-2H3,(H,25,29)(H2,26,27,30). The first-order chi connectivity index (χ1) is 14.6. The fourth-order valence-electron chi connectivity index (χ4n) is 3.16. The summed E-state index contributed by atoms with van der Waals surface area (Å²) in [6, 6.07) is 15.9. The first-order valence-electron chi connectivity index (χ1n) is 10.1. The van der Waals surface area contributed by atoms with Crippen molar-refractivity contribution in [2.45, 2.75) is 13.8 Å². The number of pyridine rings is 1. The molecule has 0 bridgehead atoms. The molecule has 3 N–H and O–H groups in total. The first-order valence-corrected chi connectivity index (χ1v) is 10.1. The van der Waals surface area contributed by atoms with Gasteiger partial charge in [-0.2, -0.15) is 0 Å². The molecule has 0 spiro atoms. The summed E-state index contributed by atoms with van der Waals surface area (Å²) in [6.45, 7) is 7.55. The molecule has 0 saturated heterocycles. The lowest BCUT2D eigenvalue weighted by Crippen LogP contribution is -2.34. The van der Waals surface area contributed by atoms with Gasteiger partial charge >= 0.3 is 6.03 Å². The van der Waals surface area contributed by atoms with Crippen molar-refractivity contribution < 1.29 is 9.59 Å². The van der Waals surface area contributed by atoms with Gasteiger partial charge in [-0.25, -0.2) is 4.79 Å². The van der Waals surface area contributed by atoms with Gasteiger partial charge in [-0.05, 0) is 49.5 Å². The molecule has 0 aliphatic heterocycles. The maximum Gasteiger partial charge on any atom is 0.323 e. The van der Waals surface area contributed by atoms with Crippen LogP contribution in [0.4, 0.5) is 16.2 Å². The van der Waals surface area contributed by atoms with Gasteiger partial charge in [0, 0.05) is 35.9 Å². The minimum absolute atomic E-state index is 0.125. The molecule has 7 nitrogen and oxygen atoms in total. The Labute approximate surface area is 176 Å². The lowest BCUT2D eigenvalue weighted by Gasteiger charge is -2.18. The van der Waals surface area contributed by atoms with E-state index in [4.69, 9.17) is 0 Å². The second-order valence-corrected chi connectivity index (χ2v) is 6.82. The zero-order valence-electron chi connectivity index (χ0n) is 17.3. The Balaban J connectivity index is 1.55. The topological polar surface area (TPSA) is 86.4 Å². The third-order valence-corrected chi connectivity index (χ3v) is 4.89. The van der Waals surface area contributed by atoms with E-state index < -0.39 is 0 Å². The van der Waals surface area contributed by atoms with Crippen LogP contribution < -0.4 is 16.0 Å².